The Hall–Kier alpha value is -1.31. The van der Waals surface area contributed by atoms with Crippen LogP contribution < -0.4 is 5.73 Å². The van der Waals surface area contributed by atoms with Crippen molar-refractivity contribution in [2.75, 3.05) is 19.3 Å². The zero-order chi connectivity index (χ0) is 23.9. The number of carbonyl (C=O) groups excluding carboxylic acids is 1. The number of ketones is 1. The lowest BCUT2D eigenvalue weighted by molar-refractivity contribution is -0.124. The van der Waals surface area contributed by atoms with Crippen LogP contribution in [0.3, 0.4) is 0 Å². The molecule has 2 rings (SSSR count). The van der Waals surface area contributed by atoms with Gasteiger partial charge in [-0.3, -0.25) is 4.79 Å². The predicted molar refractivity (Wildman–Crippen MR) is 137 cm³/mol. The van der Waals surface area contributed by atoms with Gasteiger partial charge in [0.05, 0.1) is 10.5 Å². The molecule has 0 aliphatic heterocycles. The number of hydrogen-bond donors (Lipinski definition) is 1. The topological polar surface area (TPSA) is 80.5 Å². The Morgan fingerprint density at radius 1 is 1.16 bits per heavy atom. The normalized spacial score (nSPS) is 19.8. The van der Waals surface area contributed by atoms with Gasteiger partial charge in [-0.25, -0.2) is 8.42 Å². The van der Waals surface area contributed by atoms with Crippen LogP contribution in [-0.2, 0) is 21.2 Å². The molecule has 0 radical (unpaired) electrons. The van der Waals surface area contributed by atoms with Crippen LogP contribution in [0.25, 0.3) is 0 Å². The van der Waals surface area contributed by atoms with E-state index in [4.69, 9.17) is 18.0 Å². The lowest BCUT2D eigenvalue weighted by atomic mass is 9.80. The average molecular weight is 481 g/mol. The summed E-state index contributed by atoms with van der Waals surface area (Å²) < 4.78 is 24.2. The third kappa shape index (κ3) is 8.23. The maximum atomic E-state index is 12.6. The third-order valence-electron chi connectivity index (χ3n) is 6.57. The number of benzene rings is 1. The van der Waals surface area contributed by atoms with Gasteiger partial charge in [-0.05, 0) is 90.4 Å². The minimum atomic E-state index is -3.09. The fourth-order valence-electron chi connectivity index (χ4n) is 4.31. The molecule has 2 N–H and O–H groups in total. The van der Waals surface area contributed by atoms with Crippen molar-refractivity contribution < 1.29 is 13.2 Å². The zero-order valence-corrected chi connectivity index (χ0v) is 21.7. The lowest BCUT2D eigenvalue weighted by Gasteiger charge is -2.30. The van der Waals surface area contributed by atoms with Crippen molar-refractivity contribution in [3.8, 4) is 0 Å². The quantitative estimate of drug-likeness (QED) is 0.371. The predicted octanol–water partition coefficient (Wildman–Crippen LogP) is 4.51. The molecule has 1 aromatic carbocycles. The second-order valence-electron chi connectivity index (χ2n) is 10.3. The van der Waals surface area contributed by atoms with Gasteiger partial charge in [0.25, 0.3) is 0 Å². The first-order valence-corrected chi connectivity index (χ1v) is 13.8. The second-order valence-corrected chi connectivity index (χ2v) is 13.6. The lowest BCUT2D eigenvalue weighted by Crippen LogP contribution is -2.35. The molecule has 1 saturated carbocycles. The number of sulfone groups is 1. The summed E-state index contributed by atoms with van der Waals surface area (Å²) in [5, 5.41) is 0. The third-order valence-corrected chi connectivity index (χ3v) is 9.58. The molecule has 1 aliphatic rings. The number of unbranched alkanes of at least 4 members (excludes halogenated alkanes) is 1. The largest absolute Gasteiger partial charge is 0.389 e. The highest BCUT2D eigenvalue weighted by Gasteiger charge is 2.34. The van der Waals surface area contributed by atoms with E-state index >= 15 is 0 Å². The summed E-state index contributed by atoms with van der Waals surface area (Å²) >= 11 is 5.05. The van der Waals surface area contributed by atoms with Gasteiger partial charge in [0, 0.05) is 24.4 Å². The van der Waals surface area contributed by atoms with Gasteiger partial charge < -0.3 is 10.6 Å². The molecule has 0 aromatic heterocycles. The molecule has 0 atom stereocenters. The molecule has 1 fully saturated rings. The fraction of sp³-hybridized carbons (Fsp3) is 0.680. The van der Waals surface area contributed by atoms with Gasteiger partial charge in [-0.1, -0.05) is 30.4 Å². The van der Waals surface area contributed by atoms with Crippen LogP contribution in [0.5, 0.6) is 0 Å². The Kier molecular flexibility index (Phi) is 9.85. The summed E-state index contributed by atoms with van der Waals surface area (Å²) in [4.78, 5) is 15.3. The van der Waals surface area contributed by atoms with E-state index in [9.17, 15) is 13.2 Å². The van der Waals surface area contributed by atoms with Crippen LogP contribution in [0.4, 0.5) is 0 Å². The van der Waals surface area contributed by atoms with E-state index in [1.807, 2.05) is 18.2 Å². The van der Waals surface area contributed by atoms with Crippen molar-refractivity contribution in [2.24, 2.45) is 17.6 Å². The highest BCUT2D eigenvalue weighted by atomic mass is 32.2. The van der Waals surface area contributed by atoms with E-state index < -0.39 is 14.6 Å². The molecular formula is C25H40N2O3S2. The number of Topliss-reactive ketones (excluding diaryl/α,β-unsaturated/α-hetero) is 1. The van der Waals surface area contributed by atoms with Crippen LogP contribution >= 0.6 is 12.2 Å². The summed E-state index contributed by atoms with van der Waals surface area (Å²) in [7, 11) is -1.01. The smallest absolute Gasteiger partial charge is 0.155 e. The Bertz CT molecular complexity index is 883. The summed E-state index contributed by atoms with van der Waals surface area (Å²) in [6.07, 6.45) is 5.87. The van der Waals surface area contributed by atoms with Crippen molar-refractivity contribution >= 4 is 32.8 Å². The SMILES string of the molecule is CN(CCCCC(=O)C1CCC(CS(=O)(=O)C(C)(C)C)CC1)Cc1cccc(C(N)=S)c1. The molecule has 180 valence electrons. The Labute approximate surface area is 200 Å². The van der Waals surface area contributed by atoms with Gasteiger partial charge >= 0.3 is 0 Å². The first kappa shape index (κ1) is 26.9. The first-order chi connectivity index (χ1) is 14.9. The van der Waals surface area contributed by atoms with Gasteiger partial charge in [-0.15, -0.1) is 0 Å². The molecule has 0 bridgehead atoms. The van der Waals surface area contributed by atoms with Gasteiger partial charge in [0.15, 0.2) is 9.84 Å². The molecule has 0 amide bonds. The van der Waals surface area contributed by atoms with Crippen molar-refractivity contribution in [2.45, 2.75) is 77.0 Å². The van der Waals surface area contributed by atoms with E-state index in [2.05, 4.69) is 18.0 Å². The van der Waals surface area contributed by atoms with E-state index in [0.717, 1.165) is 57.2 Å². The van der Waals surface area contributed by atoms with Gasteiger partial charge in [0.1, 0.15) is 10.8 Å². The van der Waals surface area contributed by atoms with Crippen molar-refractivity contribution in [3.05, 3.63) is 35.4 Å². The Morgan fingerprint density at radius 2 is 1.81 bits per heavy atom. The second kappa shape index (κ2) is 11.7. The van der Waals surface area contributed by atoms with E-state index in [0.29, 0.717) is 17.2 Å². The number of thiocarbonyl (C=S) groups is 1. The molecule has 32 heavy (non-hydrogen) atoms. The maximum absolute atomic E-state index is 12.6. The highest BCUT2D eigenvalue weighted by Crippen LogP contribution is 2.33. The van der Waals surface area contributed by atoms with Crippen molar-refractivity contribution in [3.63, 3.8) is 0 Å². The Balaban J connectivity index is 1.66. The summed E-state index contributed by atoms with van der Waals surface area (Å²) in [5.41, 5.74) is 7.78. The molecule has 1 aromatic rings. The maximum Gasteiger partial charge on any atom is 0.155 e. The average Bonchev–Trinajstić information content (AvgIpc) is 2.70. The van der Waals surface area contributed by atoms with E-state index in [1.54, 1.807) is 20.8 Å². The van der Waals surface area contributed by atoms with Gasteiger partial charge in [-0.2, -0.15) is 0 Å². The number of nitrogens with two attached hydrogens (primary N) is 1. The molecule has 0 unspecified atom stereocenters. The number of nitrogens with zero attached hydrogens (tertiary/aromatic N) is 1. The van der Waals surface area contributed by atoms with Crippen LogP contribution in [0.2, 0.25) is 0 Å². The molecule has 0 saturated heterocycles. The zero-order valence-electron chi connectivity index (χ0n) is 20.1. The molecule has 5 nitrogen and oxygen atoms in total. The Morgan fingerprint density at radius 3 is 2.41 bits per heavy atom. The summed E-state index contributed by atoms with van der Waals surface area (Å²) in [6.45, 7) is 7.05. The van der Waals surface area contributed by atoms with Crippen molar-refractivity contribution in [1.29, 1.82) is 0 Å². The van der Waals surface area contributed by atoms with Crippen LogP contribution in [0, 0.1) is 11.8 Å². The first-order valence-electron chi connectivity index (χ1n) is 11.7. The molecule has 0 heterocycles. The molecule has 1 aliphatic carbocycles. The summed E-state index contributed by atoms with van der Waals surface area (Å²) in [5.74, 6) is 0.922. The van der Waals surface area contributed by atoms with Crippen LogP contribution in [0.15, 0.2) is 24.3 Å². The minimum Gasteiger partial charge on any atom is -0.389 e. The summed E-state index contributed by atoms with van der Waals surface area (Å²) in [6, 6.07) is 8.01. The highest BCUT2D eigenvalue weighted by molar-refractivity contribution is 7.92. The standard InChI is InChI=1S/C25H40N2O3S2/c1-25(2,3)32(29,30)18-19-11-13-21(14-12-19)23(28)10-5-6-15-27(4)17-20-8-7-9-22(16-20)24(26)31/h7-9,16,19,21H,5-6,10-15,17-18H2,1-4H3,(H2,26,31). The number of carbonyl (C=O) groups is 1. The van der Waals surface area contributed by atoms with Crippen LogP contribution in [0.1, 0.15) is 76.8 Å². The van der Waals surface area contributed by atoms with Crippen molar-refractivity contribution in [1.82, 2.24) is 4.90 Å². The number of hydrogen-bond acceptors (Lipinski definition) is 5. The number of rotatable bonds is 11. The minimum absolute atomic E-state index is 0.115. The fourth-order valence-corrected chi connectivity index (χ4v) is 5.89. The van der Waals surface area contributed by atoms with Gasteiger partial charge in [0.2, 0.25) is 0 Å². The van der Waals surface area contributed by atoms with E-state index in [1.165, 1.54) is 5.56 Å². The molecular weight excluding hydrogens is 440 g/mol. The monoisotopic (exact) mass is 480 g/mol. The molecule has 0 spiro atoms. The molecule has 7 heteroatoms. The van der Waals surface area contributed by atoms with E-state index in [-0.39, 0.29) is 17.6 Å². The van der Waals surface area contributed by atoms with Crippen LogP contribution in [-0.4, -0.2) is 48.2 Å².